The van der Waals surface area contributed by atoms with Crippen LogP contribution in [0.15, 0.2) is 17.0 Å². The molecular formula is C13H19Cl2N3O2S. The Morgan fingerprint density at radius 2 is 2.05 bits per heavy atom. The van der Waals surface area contributed by atoms with Crippen molar-refractivity contribution in [2.24, 2.45) is 5.73 Å². The summed E-state index contributed by atoms with van der Waals surface area (Å²) in [6, 6.07) is 3.49. The highest BCUT2D eigenvalue weighted by Crippen LogP contribution is 2.30. The molecule has 0 bridgehead atoms. The van der Waals surface area contributed by atoms with E-state index in [1.165, 1.54) is 25.0 Å². The number of nitrogens with two attached hydrogens (primary N) is 1. The van der Waals surface area contributed by atoms with E-state index in [0.717, 1.165) is 0 Å². The van der Waals surface area contributed by atoms with E-state index in [1.807, 2.05) is 7.05 Å². The highest BCUT2D eigenvalue weighted by atomic mass is 35.5. The minimum absolute atomic E-state index is 0.0168. The largest absolute Gasteiger partial charge is 0.326 e. The van der Waals surface area contributed by atoms with E-state index < -0.39 is 10.0 Å². The van der Waals surface area contributed by atoms with Gasteiger partial charge in [0.05, 0.1) is 5.02 Å². The van der Waals surface area contributed by atoms with Crippen LogP contribution in [0.4, 0.5) is 0 Å². The maximum Gasteiger partial charge on any atom is 0.242 e. The molecule has 21 heavy (non-hydrogen) atoms. The average Bonchev–Trinajstić information content (AvgIpc) is 3.22. The van der Waals surface area contributed by atoms with Gasteiger partial charge in [-0.3, -0.25) is 0 Å². The van der Waals surface area contributed by atoms with Gasteiger partial charge >= 0.3 is 0 Å². The summed E-state index contributed by atoms with van der Waals surface area (Å²) < 4.78 is 27.2. The molecule has 0 aliphatic heterocycles. The molecule has 1 fully saturated rings. The van der Waals surface area contributed by atoms with Gasteiger partial charge in [-0.05, 0) is 32.0 Å². The summed E-state index contributed by atoms with van der Waals surface area (Å²) in [4.78, 5) is 2.17. The van der Waals surface area contributed by atoms with Gasteiger partial charge in [-0.25, -0.2) is 13.1 Å². The lowest BCUT2D eigenvalue weighted by molar-refractivity contribution is 0.329. The fourth-order valence-corrected chi connectivity index (χ4v) is 4.05. The lowest BCUT2D eigenvalue weighted by atomic mass is 10.2. The molecule has 0 amide bonds. The number of nitrogens with zero attached hydrogens (tertiary/aromatic N) is 1. The Bertz CT molecular complexity index is 618. The van der Waals surface area contributed by atoms with Crippen molar-refractivity contribution in [1.82, 2.24) is 9.62 Å². The fourth-order valence-electron chi connectivity index (χ4n) is 2.10. The Kier molecular flexibility index (Phi) is 5.51. The summed E-state index contributed by atoms with van der Waals surface area (Å²) in [6.45, 7) is 1.09. The van der Waals surface area contributed by atoms with Crippen LogP contribution in [0.25, 0.3) is 0 Å². The lowest BCUT2D eigenvalue weighted by Crippen LogP contribution is -2.34. The van der Waals surface area contributed by atoms with E-state index in [1.54, 1.807) is 0 Å². The van der Waals surface area contributed by atoms with Crippen LogP contribution in [0, 0.1) is 0 Å². The zero-order valence-corrected chi connectivity index (χ0v) is 14.1. The molecule has 1 aromatic rings. The molecule has 1 aromatic carbocycles. The van der Waals surface area contributed by atoms with E-state index >= 15 is 0 Å². The number of rotatable bonds is 7. The van der Waals surface area contributed by atoms with Crippen LogP contribution in [-0.2, 0) is 16.6 Å². The molecule has 0 unspecified atom stereocenters. The number of nitrogens with one attached hydrogen (secondary N) is 1. The molecule has 2 rings (SSSR count). The number of hydrogen-bond donors (Lipinski definition) is 2. The van der Waals surface area contributed by atoms with Gasteiger partial charge in [0.15, 0.2) is 0 Å². The van der Waals surface area contributed by atoms with Crippen molar-refractivity contribution >= 4 is 33.2 Å². The molecule has 5 nitrogen and oxygen atoms in total. The van der Waals surface area contributed by atoms with Gasteiger partial charge in [-0.2, -0.15) is 0 Å². The summed E-state index contributed by atoms with van der Waals surface area (Å²) in [6.07, 6.45) is 2.37. The first-order valence-corrected chi connectivity index (χ1v) is 8.97. The maximum atomic E-state index is 12.3. The van der Waals surface area contributed by atoms with Crippen LogP contribution in [0.1, 0.15) is 18.4 Å². The van der Waals surface area contributed by atoms with Gasteiger partial charge in [-0.15, -0.1) is 0 Å². The van der Waals surface area contributed by atoms with Crippen molar-refractivity contribution in [2.75, 3.05) is 20.1 Å². The highest BCUT2D eigenvalue weighted by Gasteiger charge is 2.26. The van der Waals surface area contributed by atoms with Crippen molar-refractivity contribution in [1.29, 1.82) is 0 Å². The smallest absolute Gasteiger partial charge is 0.242 e. The SMILES string of the molecule is CN(CCNS(=O)(=O)c1ccc(Cl)c(CN)c1Cl)C1CC1. The number of likely N-dealkylation sites (N-methyl/N-ethyl adjacent to an activating group) is 1. The van der Waals surface area contributed by atoms with Gasteiger partial charge in [0, 0.05) is 36.3 Å². The van der Waals surface area contributed by atoms with Crippen molar-refractivity contribution in [3.63, 3.8) is 0 Å². The van der Waals surface area contributed by atoms with Crippen molar-refractivity contribution in [3.8, 4) is 0 Å². The second-order valence-corrected chi connectivity index (χ2v) is 7.67. The molecule has 0 spiro atoms. The number of halogens is 2. The topological polar surface area (TPSA) is 75.4 Å². The minimum Gasteiger partial charge on any atom is -0.326 e. The van der Waals surface area contributed by atoms with Crippen LogP contribution in [-0.4, -0.2) is 39.5 Å². The Hall–Kier alpha value is -0.370. The Morgan fingerprint density at radius 3 is 2.62 bits per heavy atom. The van der Waals surface area contributed by atoms with E-state index in [2.05, 4.69) is 9.62 Å². The number of sulfonamides is 1. The molecule has 8 heteroatoms. The first-order valence-electron chi connectivity index (χ1n) is 6.73. The van der Waals surface area contributed by atoms with E-state index in [0.29, 0.717) is 29.7 Å². The van der Waals surface area contributed by atoms with Crippen LogP contribution >= 0.6 is 23.2 Å². The standard InChI is InChI=1S/C13H19Cl2N3O2S/c1-18(9-2-3-9)7-6-17-21(19,20)12-5-4-11(14)10(8-16)13(12)15/h4-5,9,17H,2-3,6-8,16H2,1H3. The summed E-state index contributed by atoms with van der Waals surface area (Å²) in [5.74, 6) is 0. The second-order valence-electron chi connectivity index (χ2n) is 5.15. The zero-order valence-electron chi connectivity index (χ0n) is 11.8. The third-order valence-electron chi connectivity index (χ3n) is 3.57. The first-order chi connectivity index (χ1) is 9.86. The molecule has 1 aliphatic rings. The summed E-state index contributed by atoms with van der Waals surface area (Å²) >= 11 is 12.1. The second kappa shape index (κ2) is 6.81. The normalized spacial score (nSPS) is 15.7. The van der Waals surface area contributed by atoms with Crippen molar-refractivity contribution in [2.45, 2.75) is 30.3 Å². The molecule has 0 heterocycles. The molecule has 1 aliphatic carbocycles. The zero-order chi connectivity index (χ0) is 15.6. The number of benzene rings is 1. The number of hydrogen-bond acceptors (Lipinski definition) is 4. The molecule has 0 radical (unpaired) electrons. The fraction of sp³-hybridized carbons (Fsp3) is 0.538. The maximum absolute atomic E-state index is 12.3. The van der Waals surface area contributed by atoms with Gasteiger partial charge in [0.25, 0.3) is 0 Å². The van der Waals surface area contributed by atoms with Gasteiger partial charge < -0.3 is 10.6 Å². The summed E-state index contributed by atoms with van der Waals surface area (Å²) in [5, 5.41) is 0.461. The van der Waals surface area contributed by atoms with Crippen LogP contribution in [0.5, 0.6) is 0 Å². The predicted octanol–water partition coefficient (Wildman–Crippen LogP) is 1.82. The predicted molar refractivity (Wildman–Crippen MR) is 85.2 cm³/mol. The summed E-state index contributed by atoms with van der Waals surface area (Å²) in [7, 11) is -1.67. The van der Waals surface area contributed by atoms with Gasteiger partial charge in [-0.1, -0.05) is 23.2 Å². The molecule has 0 saturated heterocycles. The molecular weight excluding hydrogens is 333 g/mol. The lowest BCUT2D eigenvalue weighted by Gasteiger charge is -2.16. The molecule has 3 N–H and O–H groups in total. The highest BCUT2D eigenvalue weighted by molar-refractivity contribution is 7.89. The van der Waals surface area contributed by atoms with Gasteiger partial charge in [0.1, 0.15) is 4.90 Å². The van der Waals surface area contributed by atoms with E-state index in [9.17, 15) is 8.42 Å². The van der Waals surface area contributed by atoms with E-state index in [4.69, 9.17) is 28.9 Å². The Labute approximate surface area is 135 Å². The van der Waals surface area contributed by atoms with Gasteiger partial charge in [0.2, 0.25) is 10.0 Å². The van der Waals surface area contributed by atoms with Crippen molar-refractivity contribution in [3.05, 3.63) is 27.7 Å². The summed E-state index contributed by atoms with van der Waals surface area (Å²) in [5.41, 5.74) is 5.99. The molecule has 1 saturated carbocycles. The third kappa shape index (κ3) is 4.09. The van der Waals surface area contributed by atoms with Crippen LogP contribution in [0.2, 0.25) is 10.0 Å². The Morgan fingerprint density at radius 1 is 1.38 bits per heavy atom. The van der Waals surface area contributed by atoms with E-state index in [-0.39, 0.29) is 16.5 Å². The molecule has 0 aromatic heterocycles. The van der Waals surface area contributed by atoms with Crippen LogP contribution in [0.3, 0.4) is 0 Å². The third-order valence-corrected chi connectivity index (χ3v) is 5.97. The first kappa shape index (κ1) is 17.0. The molecule has 118 valence electrons. The van der Waals surface area contributed by atoms with Crippen LogP contribution < -0.4 is 10.5 Å². The minimum atomic E-state index is -3.66. The average molecular weight is 352 g/mol. The monoisotopic (exact) mass is 351 g/mol. The van der Waals surface area contributed by atoms with Crippen molar-refractivity contribution < 1.29 is 8.42 Å². The Balaban J connectivity index is 2.08. The molecule has 0 atom stereocenters. The quantitative estimate of drug-likeness (QED) is 0.785.